The lowest BCUT2D eigenvalue weighted by atomic mass is 9.97. The van der Waals surface area contributed by atoms with Gasteiger partial charge in [-0.3, -0.25) is 4.79 Å². The summed E-state index contributed by atoms with van der Waals surface area (Å²) >= 11 is 0. The number of carboxylic acid groups (broad SMARTS) is 1. The molecule has 0 spiro atoms. The van der Waals surface area contributed by atoms with E-state index in [1.54, 1.807) is 9.80 Å². The third kappa shape index (κ3) is 5.79. The average Bonchev–Trinajstić information content (AvgIpc) is 2.53. The zero-order valence-electron chi connectivity index (χ0n) is 15.3. The van der Waals surface area contributed by atoms with Crippen LogP contribution in [0, 0.1) is 5.92 Å². The van der Waals surface area contributed by atoms with Crippen LogP contribution in [0.4, 0.5) is 9.59 Å². The van der Waals surface area contributed by atoms with Crippen molar-refractivity contribution >= 4 is 18.1 Å². The van der Waals surface area contributed by atoms with Gasteiger partial charge in [-0.1, -0.05) is 0 Å². The molecule has 2 fully saturated rings. The molecule has 2 aliphatic rings. The lowest BCUT2D eigenvalue weighted by Gasteiger charge is -2.38. The second-order valence-electron chi connectivity index (χ2n) is 7.79. The standard InChI is InChI=1S/C17H29N3O5/c1-17(2,3)25-15(23)18-13-6-10-20(11-7-13)16(24)19-8-4-12(5-9-19)14(21)22/h12-13H,4-11H2,1-3H3,(H,18,23)(H,21,22). The van der Waals surface area contributed by atoms with Crippen molar-refractivity contribution in [1.82, 2.24) is 15.1 Å². The van der Waals surface area contributed by atoms with Gasteiger partial charge in [-0.25, -0.2) is 9.59 Å². The van der Waals surface area contributed by atoms with Crippen molar-refractivity contribution in [3.63, 3.8) is 0 Å². The molecule has 2 N–H and O–H groups in total. The van der Waals surface area contributed by atoms with Crippen LogP contribution in [0.5, 0.6) is 0 Å². The topological polar surface area (TPSA) is 99.2 Å². The summed E-state index contributed by atoms with van der Waals surface area (Å²) in [6.07, 6.45) is 1.98. The number of piperidine rings is 2. The zero-order valence-corrected chi connectivity index (χ0v) is 15.3. The first-order chi connectivity index (χ1) is 11.7. The van der Waals surface area contributed by atoms with Crippen LogP contribution in [0.3, 0.4) is 0 Å². The van der Waals surface area contributed by atoms with Gasteiger partial charge in [-0.15, -0.1) is 0 Å². The van der Waals surface area contributed by atoms with Crippen LogP contribution < -0.4 is 5.32 Å². The number of carboxylic acids is 1. The molecule has 3 amide bonds. The SMILES string of the molecule is CC(C)(C)OC(=O)NC1CCN(C(=O)N2CCC(C(=O)O)CC2)CC1. The Morgan fingerprint density at radius 2 is 1.44 bits per heavy atom. The third-order valence-electron chi connectivity index (χ3n) is 4.60. The fourth-order valence-corrected chi connectivity index (χ4v) is 3.21. The summed E-state index contributed by atoms with van der Waals surface area (Å²) in [5, 5.41) is 11.9. The number of carbonyl (C=O) groups is 3. The zero-order chi connectivity index (χ0) is 18.6. The average molecular weight is 355 g/mol. The van der Waals surface area contributed by atoms with E-state index in [4.69, 9.17) is 9.84 Å². The van der Waals surface area contributed by atoms with Crippen LogP contribution in [0.15, 0.2) is 0 Å². The minimum atomic E-state index is -0.777. The number of amides is 3. The van der Waals surface area contributed by atoms with Gasteiger partial charge in [0.1, 0.15) is 5.60 Å². The monoisotopic (exact) mass is 355 g/mol. The van der Waals surface area contributed by atoms with E-state index in [-0.39, 0.29) is 18.0 Å². The van der Waals surface area contributed by atoms with Crippen molar-refractivity contribution in [2.75, 3.05) is 26.2 Å². The fraction of sp³-hybridized carbons (Fsp3) is 0.824. The first kappa shape index (κ1) is 19.3. The summed E-state index contributed by atoms with van der Waals surface area (Å²) in [6.45, 7) is 7.61. The molecule has 0 saturated carbocycles. The Balaban J connectivity index is 1.74. The molecular formula is C17H29N3O5. The van der Waals surface area contributed by atoms with E-state index >= 15 is 0 Å². The van der Waals surface area contributed by atoms with Crippen molar-refractivity contribution in [1.29, 1.82) is 0 Å². The van der Waals surface area contributed by atoms with E-state index in [0.29, 0.717) is 51.9 Å². The molecule has 2 aliphatic heterocycles. The summed E-state index contributed by atoms with van der Waals surface area (Å²) in [5.74, 6) is -1.12. The highest BCUT2D eigenvalue weighted by atomic mass is 16.6. The number of rotatable bonds is 2. The van der Waals surface area contributed by atoms with Crippen LogP contribution >= 0.6 is 0 Å². The molecule has 8 heteroatoms. The summed E-state index contributed by atoms with van der Waals surface area (Å²) in [6, 6.07) is -0.0174. The number of hydrogen-bond donors (Lipinski definition) is 2. The van der Waals surface area contributed by atoms with Gasteiger partial charge < -0.3 is 25.0 Å². The Morgan fingerprint density at radius 3 is 1.88 bits per heavy atom. The molecule has 142 valence electrons. The van der Waals surface area contributed by atoms with E-state index in [0.717, 1.165) is 0 Å². The van der Waals surface area contributed by atoms with E-state index in [1.807, 2.05) is 20.8 Å². The number of carbonyl (C=O) groups excluding carboxylic acids is 2. The Labute approximate surface area is 148 Å². The number of nitrogens with one attached hydrogen (secondary N) is 1. The van der Waals surface area contributed by atoms with E-state index in [9.17, 15) is 14.4 Å². The molecule has 0 atom stereocenters. The predicted octanol–water partition coefficient (Wildman–Crippen LogP) is 1.89. The lowest BCUT2D eigenvalue weighted by Crippen LogP contribution is -2.52. The van der Waals surface area contributed by atoms with Gasteiger partial charge in [0.05, 0.1) is 5.92 Å². The van der Waals surface area contributed by atoms with E-state index in [2.05, 4.69) is 5.32 Å². The van der Waals surface area contributed by atoms with Gasteiger partial charge in [0.15, 0.2) is 0 Å². The number of hydrogen-bond acceptors (Lipinski definition) is 4. The van der Waals surface area contributed by atoms with Crippen molar-refractivity contribution in [2.24, 2.45) is 5.92 Å². The molecule has 25 heavy (non-hydrogen) atoms. The Kier molecular flexibility index (Phi) is 6.13. The van der Waals surface area contributed by atoms with Gasteiger partial charge in [-0.05, 0) is 46.5 Å². The molecule has 2 saturated heterocycles. The molecule has 0 unspecified atom stereocenters. The van der Waals surface area contributed by atoms with Crippen molar-refractivity contribution in [3.8, 4) is 0 Å². The first-order valence-electron chi connectivity index (χ1n) is 8.92. The fourth-order valence-electron chi connectivity index (χ4n) is 3.21. The van der Waals surface area contributed by atoms with Crippen LogP contribution in [-0.2, 0) is 9.53 Å². The maximum atomic E-state index is 12.5. The second kappa shape index (κ2) is 7.93. The molecule has 0 aromatic carbocycles. The third-order valence-corrected chi connectivity index (χ3v) is 4.60. The molecule has 0 radical (unpaired) electrons. The summed E-state index contributed by atoms with van der Waals surface area (Å²) in [7, 11) is 0. The molecule has 0 aromatic rings. The number of urea groups is 1. The molecule has 0 aliphatic carbocycles. The Morgan fingerprint density at radius 1 is 0.960 bits per heavy atom. The van der Waals surface area contributed by atoms with Gasteiger partial charge >= 0.3 is 18.1 Å². The Bertz CT molecular complexity index is 501. The first-order valence-corrected chi connectivity index (χ1v) is 8.92. The summed E-state index contributed by atoms with van der Waals surface area (Å²) in [5.41, 5.74) is -0.525. The minimum Gasteiger partial charge on any atom is -0.481 e. The summed E-state index contributed by atoms with van der Waals surface area (Å²) < 4.78 is 5.25. The maximum absolute atomic E-state index is 12.5. The summed E-state index contributed by atoms with van der Waals surface area (Å²) in [4.78, 5) is 38.9. The Hall–Kier alpha value is -1.99. The highest BCUT2D eigenvalue weighted by Gasteiger charge is 2.31. The number of nitrogens with zero attached hydrogens (tertiary/aromatic N) is 2. The molecule has 2 rings (SSSR count). The van der Waals surface area contributed by atoms with Crippen molar-refractivity contribution in [2.45, 2.75) is 58.1 Å². The van der Waals surface area contributed by atoms with Crippen LogP contribution in [-0.4, -0.2) is 70.8 Å². The largest absolute Gasteiger partial charge is 0.481 e. The van der Waals surface area contributed by atoms with Gasteiger partial charge in [0, 0.05) is 32.2 Å². The quantitative estimate of drug-likeness (QED) is 0.788. The number of aliphatic carboxylic acids is 1. The van der Waals surface area contributed by atoms with Crippen molar-refractivity contribution in [3.05, 3.63) is 0 Å². The second-order valence-corrected chi connectivity index (χ2v) is 7.79. The van der Waals surface area contributed by atoms with Crippen molar-refractivity contribution < 1.29 is 24.2 Å². The number of ether oxygens (including phenoxy) is 1. The predicted molar refractivity (Wildman–Crippen MR) is 91.3 cm³/mol. The number of alkyl carbamates (subject to hydrolysis) is 1. The van der Waals surface area contributed by atoms with E-state index in [1.165, 1.54) is 0 Å². The van der Waals surface area contributed by atoms with Gasteiger partial charge in [0.25, 0.3) is 0 Å². The van der Waals surface area contributed by atoms with Crippen LogP contribution in [0.1, 0.15) is 46.5 Å². The van der Waals surface area contributed by atoms with Crippen LogP contribution in [0.25, 0.3) is 0 Å². The van der Waals surface area contributed by atoms with E-state index < -0.39 is 17.7 Å². The molecule has 2 heterocycles. The minimum absolute atomic E-state index is 0.0108. The number of likely N-dealkylation sites (tertiary alicyclic amines) is 2. The van der Waals surface area contributed by atoms with Gasteiger partial charge in [-0.2, -0.15) is 0 Å². The highest BCUT2D eigenvalue weighted by Crippen LogP contribution is 2.20. The maximum Gasteiger partial charge on any atom is 0.407 e. The highest BCUT2D eigenvalue weighted by molar-refractivity contribution is 5.76. The van der Waals surface area contributed by atoms with Gasteiger partial charge in [0.2, 0.25) is 0 Å². The normalized spacial score (nSPS) is 20.3. The smallest absolute Gasteiger partial charge is 0.407 e. The molecule has 0 bridgehead atoms. The molecule has 0 aromatic heterocycles. The van der Waals surface area contributed by atoms with Crippen LogP contribution in [0.2, 0.25) is 0 Å². The molecule has 8 nitrogen and oxygen atoms in total. The lowest BCUT2D eigenvalue weighted by molar-refractivity contribution is -0.143. The molecular weight excluding hydrogens is 326 g/mol.